The summed E-state index contributed by atoms with van der Waals surface area (Å²) >= 11 is 0. The molecule has 2 saturated heterocycles. The summed E-state index contributed by atoms with van der Waals surface area (Å²) in [5.74, 6) is -0.240. The van der Waals surface area contributed by atoms with Crippen molar-refractivity contribution in [3.8, 4) is 0 Å². The Balaban J connectivity index is 1.62. The first-order valence-corrected chi connectivity index (χ1v) is 39.1. The number of allylic oxidation sites excluding steroid dienone is 3. The maximum absolute atomic E-state index is 13.4. The second kappa shape index (κ2) is 62.0. The van der Waals surface area contributed by atoms with E-state index < -0.39 is 86.8 Å². The number of rotatable bonds is 66. The second-order valence-corrected chi connectivity index (χ2v) is 27.8. The van der Waals surface area contributed by atoms with Crippen LogP contribution < -0.4 is 5.32 Å². The molecule has 2 fully saturated rings. The molecule has 91 heavy (non-hydrogen) atoms. The van der Waals surface area contributed by atoms with E-state index in [1.165, 1.54) is 302 Å². The lowest BCUT2D eigenvalue weighted by molar-refractivity contribution is -0.359. The zero-order valence-corrected chi connectivity index (χ0v) is 58.9. The van der Waals surface area contributed by atoms with Gasteiger partial charge in [0.25, 0.3) is 0 Å². The van der Waals surface area contributed by atoms with Crippen LogP contribution in [0.5, 0.6) is 0 Å². The molecule has 538 valence electrons. The van der Waals surface area contributed by atoms with Crippen molar-refractivity contribution in [3.63, 3.8) is 0 Å². The van der Waals surface area contributed by atoms with Gasteiger partial charge in [-0.05, 0) is 32.1 Å². The van der Waals surface area contributed by atoms with Crippen molar-refractivity contribution < 1.29 is 64.6 Å². The Morgan fingerprint density at radius 2 is 0.703 bits per heavy atom. The van der Waals surface area contributed by atoms with E-state index in [1.54, 1.807) is 6.08 Å². The number of carbonyl (C=O) groups excluding carboxylic acids is 1. The molecule has 0 saturated carbocycles. The van der Waals surface area contributed by atoms with Crippen molar-refractivity contribution in [1.82, 2.24) is 5.32 Å². The molecular weight excluding hydrogens is 1150 g/mol. The Morgan fingerprint density at radius 3 is 1.08 bits per heavy atom. The van der Waals surface area contributed by atoms with E-state index in [0.29, 0.717) is 12.8 Å². The molecule has 14 nitrogen and oxygen atoms in total. The third kappa shape index (κ3) is 45.6. The highest BCUT2D eigenvalue weighted by atomic mass is 16.7. The molecule has 1 amide bonds. The lowest BCUT2D eigenvalue weighted by Crippen LogP contribution is -2.65. The van der Waals surface area contributed by atoms with Crippen molar-refractivity contribution in [2.75, 3.05) is 19.8 Å². The predicted octanol–water partition coefficient (Wildman–Crippen LogP) is 17.1. The first-order chi connectivity index (χ1) is 44.6. The molecule has 0 bridgehead atoms. The van der Waals surface area contributed by atoms with Crippen molar-refractivity contribution in [2.24, 2.45) is 0 Å². The Kier molecular flexibility index (Phi) is 58.3. The number of hydrogen-bond acceptors (Lipinski definition) is 13. The molecular formula is C77H147NO13. The Morgan fingerprint density at radius 1 is 0.385 bits per heavy atom. The van der Waals surface area contributed by atoms with Gasteiger partial charge in [0.1, 0.15) is 48.8 Å². The quantitative estimate of drug-likeness (QED) is 0.0204. The van der Waals surface area contributed by atoms with Gasteiger partial charge < -0.3 is 65.1 Å². The summed E-state index contributed by atoms with van der Waals surface area (Å²) in [5.41, 5.74) is 0. The molecule has 2 heterocycles. The highest BCUT2D eigenvalue weighted by molar-refractivity contribution is 5.76. The van der Waals surface area contributed by atoms with Crippen molar-refractivity contribution >= 4 is 5.91 Å². The third-order valence-corrected chi connectivity index (χ3v) is 19.4. The van der Waals surface area contributed by atoms with Crippen LogP contribution in [0.3, 0.4) is 0 Å². The lowest BCUT2D eigenvalue weighted by atomic mass is 9.97. The number of aliphatic hydroxyl groups is 8. The number of carbonyl (C=O) groups is 1. The number of nitrogens with one attached hydrogen (secondary N) is 1. The normalized spacial score (nSPS) is 22.8. The molecule has 12 unspecified atom stereocenters. The van der Waals surface area contributed by atoms with Crippen LogP contribution in [0.4, 0.5) is 0 Å². The van der Waals surface area contributed by atoms with Crippen LogP contribution in [-0.2, 0) is 23.7 Å². The van der Waals surface area contributed by atoms with Crippen LogP contribution >= 0.6 is 0 Å². The second-order valence-electron chi connectivity index (χ2n) is 27.8. The van der Waals surface area contributed by atoms with Crippen molar-refractivity contribution in [3.05, 3.63) is 24.3 Å². The summed E-state index contributed by atoms with van der Waals surface area (Å²) in [6, 6.07) is -0.930. The fraction of sp³-hybridized carbons (Fsp3) is 0.935. The lowest BCUT2D eigenvalue weighted by Gasteiger charge is -2.46. The minimum Gasteiger partial charge on any atom is -0.394 e. The van der Waals surface area contributed by atoms with Crippen LogP contribution in [0.25, 0.3) is 0 Å². The number of aliphatic hydroxyl groups excluding tert-OH is 8. The molecule has 0 aromatic heterocycles. The van der Waals surface area contributed by atoms with Gasteiger partial charge in [-0.15, -0.1) is 0 Å². The standard InChI is InChI=1S/C77H147NO13/c1-3-5-7-9-11-13-15-17-19-21-23-25-27-28-29-30-31-32-33-34-35-36-37-39-41-43-45-47-49-51-53-55-57-59-61-69(82)78-65(64-88-76-74(87)72(85)75(68(63-80)90-76)91-77-73(86)71(84)70(83)67(62-79)89-77)66(81)60-58-56-54-52-50-48-46-44-42-40-38-26-24-22-20-18-16-14-12-10-8-6-4-2/h50,52,58,60,65-68,70-77,79-81,83-87H,3-49,51,53-57,59,61-64H2,1-2H3,(H,78,82)/b52-50+,60-58+. The van der Waals surface area contributed by atoms with E-state index in [4.69, 9.17) is 18.9 Å². The molecule has 2 aliphatic rings. The summed E-state index contributed by atoms with van der Waals surface area (Å²) in [7, 11) is 0. The van der Waals surface area contributed by atoms with E-state index in [0.717, 1.165) is 32.1 Å². The van der Waals surface area contributed by atoms with Crippen LogP contribution in [0.2, 0.25) is 0 Å². The van der Waals surface area contributed by atoms with Crippen molar-refractivity contribution in [2.45, 2.75) is 441 Å². The fourth-order valence-electron chi connectivity index (χ4n) is 13.2. The summed E-state index contributed by atoms with van der Waals surface area (Å²) in [6.07, 6.45) is 62.7. The summed E-state index contributed by atoms with van der Waals surface area (Å²) in [4.78, 5) is 13.4. The molecule has 12 atom stereocenters. The monoisotopic (exact) mass is 1290 g/mol. The van der Waals surface area contributed by atoms with Gasteiger partial charge in [0.05, 0.1) is 32.0 Å². The Hall–Kier alpha value is -1.53. The fourth-order valence-corrected chi connectivity index (χ4v) is 13.2. The summed E-state index contributed by atoms with van der Waals surface area (Å²) in [6.45, 7) is 2.85. The van der Waals surface area contributed by atoms with Crippen LogP contribution in [0.1, 0.15) is 367 Å². The molecule has 14 heteroatoms. The molecule has 2 rings (SSSR count). The molecule has 9 N–H and O–H groups in total. The average molecular weight is 1300 g/mol. The van der Waals surface area contributed by atoms with Crippen molar-refractivity contribution in [1.29, 1.82) is 0 Å². The largest absolute Gasteiger partial charge is 0.394 e. The van der Waals surface area contributed by atoms with E-state index in [2.05, 4.69) is 31.3 Å². The highest BCUT2D eigenvalue weighted by Gasteiger charge is 2.51. The predicted molar refractivity (Wildman–Crippen MR) is 374 cm³/mol. The van der Waals surface area contributed by atoms with E-state index >= 15 is 0 Å². The Labute approximate surface area is 558 Å². The SMILES string of the molecule is CCCCCCCCCCCCCCCCCCC/C=C/CC/C=C/C(O)C(COC1OC(CO)C(OC2OC(CO)C(O)C(O)C2O)C(O)C1O)NC(=O)CCCCCCCCCCCCCCCCCCCCCCCCCCCCCCCCCCCC. The topological polar surface area (TPSA) is 228 Å². The van der Waals surface area contributed by atoms with Gasteiger partial charge in [0.2, 0.25) is 5.91 Å². The van der Waals surface area contributed by atoms with Crippen LogP contribution in [0, 0.1) is 0 Å². The number of ether oxygens (including phenoxy) is 4. The molecule has 0 aliphatic carbocycles. The minimum atomic E-state index is -1.79. The van der Waals surface area contributed by atoms with Gasteiger partial charge in [-0.2, -0.15) is 0 Å². The van der Waals surface area contributed by atoms with Gasteiger partial charge in [-0.3, -0.25) is 4.79 Å². The zero-order chi connectivity index (χ0) is 65.9. The highest BCUT2D eigenvalue weighted by Crippen LogP contribution is 2.30. The maximum atomic E-state index is 13.4. The molecule has 0 radical (unpaired) electrons. The first kappa shape index (κ1) is 85.6. The zero-order valence-electron chi connectivity index (χ0n) is 58.9. The van der Waals surface area contributed by atoms with Crippen LogP contribution in [0.15, 0.2) is 24.3 Å². The van der Waals surface area contributed by atoms with Gasteiger partial charge in [0, 0.05) is 6.42 Å². The molecule has 0 aromatic carbocycles. The van der Waals surface area contributed by atoms with Crippen LogP contribution in [-0.4, -0.2) is 140 Å². The molecule has 2 aliphatic heterocycles. The van der Waals surface area contributed by atoms with Gasteiger partial charge in [0.15, 0.2) is 12.6 Å². The summed E-state index contributed by atoms with van der Waals surface area (Å²) in [5, 5.41) is 87.5. The third-order valence-electron chi connectivity index (χ3n) is 19.4. The first-order valence-electron chi connectivity index (χ1n) is 39.1. The number of hydrogen-bond donors (Lipinski definition) is 9. The van der Waals surface area contributed by atoms with E-state index in [9.17, 15) is 45.6 Å². The van der Waals surface area contributed by atoms with Gasteiger partial charge >= 0.3 is 0 Å². The van der Waals surface area contributed by atoms with E-state index in [1.807, 2.05) is 6.08 Å². The summed E-state index contributed by atoms with van der Waals surface area (Å²) < 4.78 is 22.9. The number of unbranched alkanes of at least 4 members (excludes halogenated alkanes) is 51. The maximum Gasteiger partial charge on any atom is 0.220 e. The average Bonchev–Trinajstić information content (AvgIpc) is 0.943. The number of amides is 1. The van der Waals surface area contributed by atoms with E-state index in [-0.39, 0.29) is 18.9 Å². The Bertz CT molecular complexity index is 1620. The van der Waals surface area contributed by atoms with Gasteiger partial charge in [-0.1, -0.05) is 353 Å². The minimum absolute atomic E-state index is 0.240. The smallest absolute Gasteiger partial charge is 0.220 e. The van der Waals surface area contributed by atoms with Gasteiger partial charge in [-0.25, -0.2) is 0 Å². The molecule has 0 spiro atoms. The molecule has 0 aromatic rings.